The molecule has 0 radical (unpaired) electrons. The van der Waals surface area contributed by atoms with Gasteiger partial charge < -0.3 is 4.90 Å². The van der Waals surface area contributed by atoms with Gasteiger partial charge in [0.15, 0.2) is 0 Å². The topological polar surface area (TPSA) is 23.6 Å². The third kappa shape index (κ3) is 3.57. The number of hydrogen-bond acceptors (Lipinski definition) is 2. The van der Waals surface area contributed by atoms with Crippen LogP contribution < -0.4 is 0 Å². The number of rotatable bonds is 5. The van der Waals surface area contributed by atoms with Crippen molar-refractivity contribution in [3.8, 4) is 0 Å². The molecule has 1 amide bonds. The van der Waals surface area contributed by atoms with Gasteiger partial charge in [-0.3, -0.25) is 9.69 Å². The average Bonchev–Trinajstić information content (AvgIpc) is 2.92. The fourth-order valence-corrected chi connectivity index (χ4v) is 2.90. The normalized spacial score (nSPS) is 18.8. The molecule has 1 saturated heterocycles. The fourth-order valence-electron chi connectivity index (χ4n) is 2.90. The Morgan fingerprint density at radius 1 is 1.30 bits per heavy atom. The van der Waals surface area contributed by atoms with Crippen LogP contribution >= 0.6 is 0 Å². The molecular weight excluding hydrogens is 255 g/mol. The highest BCUT2D eigenvalue weighted by molar-refractivity contribution is 5.79. The molecular formula is C16H23FN2O. The Morgan fingerprint density at radius 3 is 2.55 bits per heavy atom. The summed E-state index contributed by atoms with van der Waals surface area (Å²) in [5.41, 5.74) is 0.877. The summed E-state index contributed by atoms with van der Waals surface area (Å²) in [6.07, 6.45) is 1.42. The standard InChI is InChI=1S/C16H23FN2O/c1-3-18(4-2)15-9-10-19(12-15)16(20)11-13-5-7-14(17)8-6-13/h5-8,15H,3-4,9-12H2,1-2H3. The van der Waals surface area contributed by atoms with E-state index in [0.717, 1.165) is 38.2 Å². The predicted molar refractivity (Wildman–Crippen MR) is 78.0 cm³/mol. The Bertz CT molecular complexity index is 442. The Kier molecular flexibility index (Phi) is 5.12. The number of hydrogen-bond donors (Lipinski definition) is 0. The quantitative estimate of drug-likeness (QED) is 0.825. The molecule has 1 aromatic carbocycles. The van der Waals surface area contributed by atoms with E-state index in [0.29, 0.717) is 12.5 Å². The molecule has 0 spiro atoms. The van der Waals surface area contributed by atoms with E-state index in [-0.39, 0.29) is 11.7 Å². The molecule has 4 heteroatoms. The molecule has 1 atom stereocenters. The van der Waals surface area contributed by atoms with Gasteiger partial charge in [0.2, 0.25) is 5.91 Å². The van der Waals surface area contributed by atoms with Crippen LogP contribution in [-0.2, 0) is 11.2 Å². The van der Waals surface area contributed by atoms with Crippen LogP contribution in [0.15, 0.2) is 24.3 Å². The summed E-state index contributed by atoms with van der Waals surface area (Å²) in [5.74, 6) is -0.116. The van der Waals surface area contributed by atoms with Crippen molar-refractivity contribution in [1.29, 1.82) is 0 Å². The van der Waals surface area contributed by atoms with Crippen LogP contribution in [0.1, 0.15) is 25.8 Å². The maximum atomic E-state index is 12.8. The second-order valence-corrected chi connectivity index (χ2v) is 5.31. The molecule has 1 aliphatic heterocycles. The monoisotopic (exact) mass is 278 g/mol. The first-order valence-electron chi connectivity index (χ1n) is 7.40. The molecule has 3 nitrogen and oxygen atoms in total. The maximum Gasteiger partial charge on any atom is 0.227 e. The van der Waals surface area contributed by atoms with Gasteiger partial charge in [-0.2, -0.15) is 0 Å². The van der Waals surface area contributed by atoms with Crippen LogP contribution in [0.25, 0.3) is 0 Å². The fraction of sp³-hybridized carbons (Fsp3) is 0.562. The zero-order chi connectivity index (χ0) is 14.5. The SMILES string of the molecule is CCN(CC)C1CCN(C(=O)Cc2ccc(F)cc2)C1. The molecule has 2 rings (SSSR count). The van der Waals surface area contributed by atoms with Gasteiger partial charge >= 0.3 is 0 Å². The smallest absolute Gasteiger partial charge is 0.227 e. The summed E-state index contributed by atoms with van der Waals surface area (Å²) >= 11 is 0. The van der Waals surface area contributed by atoms with E-state index in [2.05, 4.69) is 18.7 Å². The lowest BCUT2D eigenvalue weighted by molar-refractivity contribution is -0.129. The van der Waals surface area contributed by atoms with Crippen LogP contribution in [-0.4, -0.2) is 47.9 Å². The minimum Gasteiger partial charge on any atom is -0.341 e. The molecule has 0 bridgehead atoms. The van der Waals surface area contributed by atoms with Crippen LogP contribution in [0.5, 0.6) is 0 Å². The van der Waals surface area contributed by atoms with Crippen molar-refractivity contribution in [2.75, 3.05) is 26.2 Å². The van der Waals surface area contributed by atoms with E-state index in [9.17, 15) is 9.18 Å². The molecule has 0 aliphatic carbocycles. The van der Waals surface area contributed by atoms with Gasteiger partial charge in [-0.1, -0.05) is 26.0 Å². The number of carbonyl (C=O) groups excluding carboxylic acids is 1. The number of nitrogens with zero attached hydrogens (tertiary/aromatic N) is 2. The number of likely N-dealkylation sites (tertiary alicyclic amines) is 1. The van der Waals surface area contributed by atoms with E-state index >= 15 is 0 Å². The molecule has 1 aliphatic rings. The summed E-state index contributed by atoms with van der Waals surface area (Å²) < 4.78 is 12.8. The zero-order valence-corrected chi connectivity index (χ0v) is 12.3. The van der Waals surface area contributed by atoms with Crippen molar-refractivity contribution in [1.82, 2.24) is 9.80 Å². The highest BCUT2D eigenvalue weighted by atomic mass is 19.1. The molecule has 0 N–H and O–H groups in total. The first-order valence-corrected chi connectivity index (χ1v) is 7.40. The summed E-state index contributed by atoms with van der Waals surface area (Å²) in [7, 11) is 0. The Labute approximate surface area is 120 Å². The third-order valence-corrected chi connectivity index (χ3v) is 4.11. The van der Waals surface area contributed by atoms with E-state index in [4.69, 9.17) is 0 Å². The van der Waals surface area contributed by atoms with Crippen LogP contribution in [0.4, 0.5) is 4.39 Å². The number of likely N-dealkylation sites (N-methyl/N-ethyl adjacent to an activating group) is 1. The lowest BCUT2D eigenvalue weighted by atomic mass is 10.1. The lowest BCUT2D eigenvalue weighted by Crippen LogP contribution is -2.39. The van der Waals surface area contributed by atoms with E-state index < -0.39 is 0 Å². The molecule has 1 heterocycles. The van der Waals surface area contributed by atoms with Crippen LogP contribution in [0.3, 0.4) is 0 Å². The first kappa shape index (κ1) is 15.0. The van der Waals surface area contributed by atoms with Gasteiger partial charge in [-0.25, -0.2) is 4.39 Å². The Balaban J connectivity index is 1.89. The number of amides is 1. The summed E-state index contributed by atoms with van der Waals surface area (Å²) in [4.78, 5) is 16.6. The van der Waals surface area contributed by atoms with Crippen molar-refractivity contribution in [2.45, 2.75) is 32.7 Å². The molecule has 1 aromatic rings. The van der Waals surface area contributed by atoms with Crippen molar-refractivity contribution >= 4 is 5.91 Å². The van der Waals surface area contributed by atoms with E-state index in [1.807, 2.05) is 4.90 Å². The summed E-state index contributed by atoms with van der Waals surface area (Å²) in [5, 5.41) is 0. The van der Waals surface area contributed by atoms with Crippen LogP contribution in [0, 0.1) is 5.82 Å². The number of benzene rings is 1. The summed E-state index contributed by atoms with van der Waals surface area (Å²) in [6, 6.07) is 6.68. The zero-order valence-electron chi connectivity index (χ0n) is 12.3. The Hall–Kier alpha value is -1.42. The highest BCUT2D eigenvalue weighted by Crippen LogP contribution is 2.17. The summed E-state index contributed by atoms with van der Waals surface area (Å²) in [6.45, 7) is 8.03. The second-order valence-electron chi connectivity index (χ2n) is 5.31. The molecule has 20 heavy (non-hydrogen) atoms. The molecule has 110 valence electrons. The first-order chi connectivity index (χ1) is 9.63. The average molecular weight is 278 g/mol. The Morgan fingerprint density at radius 2 is 1.95 bits per heavy atom. The molecule has 1 unspecified atom stereocenters. The maximum absolute atomic E-state index is 12.8. The van der Waals surface area contributed by atoms with Crippen molar-refractivity contribution in [2.24, 2.45) is 0 Å². The van der Waals surface area contributed by atoms with Gasteiger partial charge in [-0.15, -0.1) is 0 Å². The van der Waals surface area contributed by atoms with Crippen molar-refractivity contribution in [3.63, 3.8) is 0 Å². The third-order valence-electron chi connectivity index (χ3n) is 4.11. The minimum atomic E-state index is -0.260. The highest BCUT2D eigenvalue weighted by Gasteiger charge is 2.28. The molecule has 0 aromatic heterocycles. The van der Waals surface area contributed by atoms with Gasteiger partial charge in [0.25, 0.3) is 0 Å². The van der Waals surface area contributed by atoms with Gasteiger partial charge in [0.05, 0.1) is 6.42 Å². The minimum absolute atomic E-state index is 0.145. The van der Waals surface area contributed by atoms with Crippen LogP contribution in [0.2, 0.25) is 0 Å². The predicted octanol–water partition coefficient (Wildman–Crippen LogP) is 2.31. The van der Waals surface area contributed by atoms with E-state index in [1.165, 1.54) is 12.1 Å². The lowest BCUT2D eigenvalue weighted by Gasteiger charge is -2.26. The molecule has 0 saturated carbocycles. The van der Waals surface area contributed by atoms with Crippen molar-refractivity contribution < 1.29 is 9.18 Å². The van der Waals surface area contributed by atoms with E-state index in [1.54, 1.807) is 12.1 Å². The largest absolute Gasteiger partial charge is 0.341 e. The van der Waals surface area contributed by atoms with Gasteiger partial charge in [0, 0.05) is 19.1 Å². The van der Waals surface area contributed by atoms with Gasteiger partial charge in [-0.05, 0) is 37.2 Å². The van der Waals surface area contributed by atoms with Crippen molar-refractivity contribution in [3.05, 3.63) is 35.6 Å². The molecule has 1 fully saturated rings. The second kappa shape index (κ2) is 6.84. The van der Waals surface area contributed by atoms with Gasteiger partial charge in [0.1, 0.15) is 5.82 Å². The number of halogens is 1. The number of carbonyl (C=O) groups is 1.